The van der Waals surface area contributed by atoms with Crippen LogP contribution in [0.2, 0.25) is 0 Å². The average molecular weight is 243 g/mol. The summed E-state index contributed by atoms with van der Waals surface area (Å²) in [4.78, 5) is 11.2. The van der Waals surface area contributed by atoms with Gasteiger partial charge in [0, 0.05) is 11.4 Å². The molecule has 0 bridgehead atoms. The second-order valence-corrected chi connectivity index (χ2v) is 3.76. The minimum Gasteiger partial charge on any atom is -0.496 e. The molecule has 0 amide bonds. The average Bonchev–Trinajstić information content (AvgIpc) is 2.28. The largest absolute Gasteiger partial charge is 0.496 e. The Hall–Kier alpha value is -1.22. The second-order valence-electron chi connectivity index (χ2n) is 3.49. The molecule has 3 nitrogen and oxygen atoms in total. The van der Waals surface area contributed by atoms with Crippen molar-refractivity contribution in [2.45, 2.75) is 19.2 Å². The maximum absolute atomic E-state index is 11.2. The Morgan fingerprint density at radius 3 is 2.56 bits per heavy atom. The van der Waals surface area contributed by atoms with E-state index < -0.39 is 0 Å². The molecule has 16 heavy (non-hydrogen) atoms. The van der Waals surface area contributed by atoms with Gasteiger partial charge in [-0.1, -0.05) is 12.1 Å². The van der Waals surface area contributed by atoms with Gasteiger partial charge in [-0.25, -0.2) is 0 Å². The molecule has 4 heteroatoms. The van der Waals surface area contributed by atoms with E-state index in [0.717, 1.165) is 22.4 Å². The zero-order valence-electron chi connectivity index (χ0n) is 9.67. The fourth-order valence-electron chi connectivity index (χ4n) is 1.66. The number of alkyl halides is 1. The topological polar surface area (TPSA) is 35.5 Å². The van der Waals surface area contributed by atoms with E-state index in [-0.39, 0.29) is 12.4 Å². The van der Waals surface area contributed by atoms with Crippen molar-refractivity contribution in [2.24, 2.45) is 0 Å². The van der Waals surface area contributed by atoms with Gasteiger partial charge in [-0.15, -0.1) is 11.6 Å². The van der Waals surface area contributed by atoms with Crippen molar-refractivity contribution in [3.05, 3.63) is 28.8 Å². The molecule has 1 aromatic carbocycles. The van der Waals surface area contributed by atoms with E-state index in [1.165, 1.54) is 7.11 Å². The van der Waals surface area contributed by atoms with Gasteiger partial charge in [0.05, 0.1) is 20.6 Å². The summed E-state index contributed by atoms with van der Waals surface area (Å²) in [6.07, 6.45) is 0.200. The summed E-state index contributed by atoms with van der Waals surface area (Å²) >= 11 is 5.78. The highest BCUT2D eigenvalue weighted by Gasteiger charge is 2.12. The molecule has 88 valence electrons. The third-order valence-corrected chi connectivity index (χ3v) is 2.64. The molecule has 1 aromatic rings. The number of carbonyl (C=O) groups excluding carboxylic acids is 1. The molecule has 0 aliphatic heterocycles. The molecule has 0 fully saturated rings. The number of benzene rings is 1. The fraction of sp³-hybridized carbons (Fsp3) is 0.417. The minimum absolute atomic E-state index is 0.200. The lowest BCUT2D eigenvalue weighted by molar-refractivity contribution is -0.139. The first-order valence-corrected chi connectivity index (χ1v) is 5.45. The normalized spacial score (nSPS) is 10.0. The Morgan fingerprint density at radius 1 is 1.38 bits per heavy atom. The maximum Gasteiger partial charge on any atom is 0.310 e. The van der Waals surface area contributed by atoms with Crippen molar-refractivity contribution >= 4 is 17.6 Å². The molecular formula is C12H15ClO3. The van der Waals surface area contributed by atoms with Crippen LogP contribution in [0.25, 0.3) is 0 Å². The van der Waals surface area contributed by atoms with Crippen LogP contribution in [0.15, 0.2) is 12.1 Å². The van der Waals surface area contributed by atoms with Crippen molar-refractivity contribution in [1.29, 1.82) is 0 Å². The van der Waals surface area contributed by atoms with Crippen molar-refractivity contribution in [3.8, 4) is 5.75 Å². The first-order chi connectivity index (χ1) is 7.62. The summed E-state index contributed by atoms with van der Waals surface area (Å²) in [6, 6.07) is 3.82. The number of ether oxygens (including phenoxy) is 2. The summed E-state index contributed by atoms with van der Waals surface area (Å²) in [6.45, 7) is 1.93. The summed E-state index contributed by atoms with van der Waals surface area (Å²) in [5, 5.41) is 0. The van der Waals surface area contributed by atoms with Gasteiger partial charge in [-0.3, -0.25) is 4.79 Å². The fourth-order valence-corrected chi connectivity index (χ4v) is 1.81. The van der Waals surface area contributed by atoms with Crippen molar-refractivity contribution in [2.75, 3.05) is 14.2 Å². The van der Waals surface area contributed by atoms with Crippen LogP contribution in [-0.2, 0) is 21.8 Å². The minimum atomic E-state index is -0.288. The van der Waals surface area contributed by atoms with Gasteiger partial charge < -0.3 is 9.47 Å². The molecule has 0 N–H and O–H groups in total. The molecular weight excluding hydrogens is 228 g/mol. The van der Waals surface area contributed by atoms with E-state index in [0.29, 0.717) is 5.88 Å². The second kappa shape index (κ2) is 5.75. The van der Waals surface area contributed by atoms with Gasteiger partial charge in [0.2, 0.25) is 0 Å². The lowest BCUT2D eigenvalue weighted by atomic mass is 10.0. The van der Waals surface area contributed by atoms with Gasteiger partial charge in [-0.05, 0) is 18.1 Å². The Bertz CT molecular complexity index is 388. The summed E-state index contributed by atoms with van der Waals surface area (Å²) in [5.74, 6) is 0.850. The monoisotopic (exact) mass is 242 g/mol. The number of hydrogen-bond donors (Lipinski definition) is 0. The van der Waals surface area contributed by atoms with Crippen LogP contribution >= 0.6 is 11.6 Å². The first-order valence-electron chi connectivity index (χ1n) is 4.91. The molecule has 0 atom stereocenters. The summed E-state index contributed by atoms with van der Waals surface area (Å²) in [5.41, 5.74) is 2.75. The van der Waals surface area contributed by atoms with Gasteiger partial charge in [-0.2, -0.15) is 0 Å². The number of carbonyl (C=O) groups is 1. The smallest absolute Gasteiger partial charge is 0.310 e. The van der Waals surface area contributed by atoms with E-state index in [2.05, 4.69) is 4.74 Å². The van der Waals surface area contributed by atoms with Crippen molar-refractivity contribution in [1.82, 2.24) is 0 Å². The van der Waals surface area contributed by atoms with E-state index >= 15 is 0 Å². The lowest BCUT2D eigenvalue weighted by Gasteiger charge is -2.12. The van der Waals surface area contributed by atoms with Crippen molar-refractivity contribution in [3.63, 3.8) is 0 Å². The molecule has 0 radical (unpaired) electrons. The molecule has 0 aliphatic rings. The molecule has 0 unspecified atom stereocenters. The molecule has 0 saturated carbocycles. The SMILES string of the molecule is COC(=O)Cc1cc(CCl)cc(C)c1OC. The number of halogens is 1. The molecule has 0 spiro atoms. The number of methoxy groups -OCH3 is 2. The predicted molar refractivity (Wildman–Crippen MR) is 63.0 cm³/mol. The maximum atomic E-state index is 11.2. The van der Waals surface area contributed by atoms with E-state index in [9.17, 15) is 4.79 Å². The van der Waals surface area contributed by atoms with Crippen LogP contribution in [0, 0.1) is 6.92 Å². The highest BCUT2D eigenvalue weighted by Crippen LogP contribution is 2.26. The Labute approximate surface area is 100 Å². The molecule has 0 saturated heterocycles. The Balaban J connectivity index is 3.12. The molecule has 0 aliphatic carbocycles. The zero-order valence-corrected chi connectivity index (χ0v) is 10.4. The molecule has 1 rings (SSSR count). The Morgan fingerprint density at radius 2 is 2.06 bits per heavy atom. The van der Waals surface area contributed by atoms with Crippen LogP contribution in [0.1, 0.15) is 16.7 Å². The van der Waals surface area contributed by atoms with Crippen LogP contribution in [0.5, 0.6) is 5.75 Å². The lowest BCUT2D eigenvalue weighted by Crippen LogP contribution is -2.07. The highest BCUT2D eigenvalue weighted by atomic mass is 35.5. The third-order valence-electron chi connectivity index (χ3n) is 2.33. The zero-order chi connectivity index (χ0) is 12.1. The van der Waals surface area contributed by atoms with Gasteiger partial charge in [0.15, 0.2) is 0 Å². The van der Waals surface area contributed by atoms with Crippen LogP contribution in [0.4, 0.5) is 0 Å². The van der Waals surface area contributed by atoms with Gasteiger partial charge in [0.25, 0.3) is 0 Å². The van der Waals surface area contributed by atoms with Crippen LogP contribution in [0.3, 0.4) is 0 Å². The quantitative estimate of drug-likeness (QED) is 0.601. The van der Waals surface area contributed by atoms with Crippen LogP contribution < -0.4 is 4.74 Å². The van der Waals surface area contributed by atoms with Gasteiger partial charge >= 0.3 is 5.97 Å². The number of rotatable bonds is 4. The van der Waals surface area contributed by atoms with E-state index in [1.54, 1.807) is 7.11 Å². The summed E-state index contributed by atoms with van der Waals surface area (Å²) < 4.78 is 9.91. The predicted octanol–water partition coefficient (Wildman–Crippen LogP) is 2.46. The van der Waals surface area contributed by atoms with E-state index in [4.69, 9.17) is 16.3 Å². The third kappa shape index (κ3) is 2.89. The van der Waals surface area contributed by atoms with Gasteiger partial charge in [0.1, 0.15) is 5.75 Å². The summed E-state index contributed by atoms with van der Waals surface area (Å²) in [7, 11) is 2.95. The number of esters is 1. The molecule has 0 aromatic heterocycles. The first kappa shape index (κ1) is 12.8. The highest BCUT2D eigenvalue weighted by molar-refractivity contribution is 6.17. The van der Waals surface area contributed by atoms with Crippen molar-refractivity contribution < 1.29 is 14.3 Å². The standard InChI is InChI=1S/C12H15ClO3/c1-8-4-9(7-13)5-10(12(8)16-3)6-11(14)15-2/h4-5H,6-7H2,1-3H3. The Kier molecular flexibility index (Phi) is 4.62. The van der Waals surface area contributed by atoms with E-state index in [1.807, 2.05) is 19.1 Å². The van der Waals surface area contributed by atoms with Crippen LogP contribution in [-0.4, -0.2) is 20.2 Å². The molecule has 0 heterocycles. The number of hydrogen-bond acceptors (Lipinski definition) is 3. The number of aryl methyl sites for hydroxylation is 1.